The van der Waals surface area contributed by atoms with Gasteiger partial charge in [-0.2, -0.15) is 0 Å². The molecule has 0 aliphatic carbocycles. The molecule has 7 nitrogen and oxygen atoms in total. The van der Waals surface area contributed by atoms with Crippen molar-refractivity contribution in [2.24, 2.45) is 0 Å². The number of hydrogen-bond acceptors (Lipinski definition) is 4. The van der Waals surface area contributed by atoms with E-state index in [0.717, 1.165) is 31.5 Å². The van der Waals surface area contributed by atoms with Crippen LogP contribution < -0.4 is 10.6 Å². The smallest absolute Gasteiger partial charge is 0.321 e. The van der Waals surface area contributed by atoms with Gasteiger partial charge in [-0.1, -0.05) is 36.4 Å². The van der Waals surface area contributed by atoms with Crippen LogP contribution in [0.2, 0.25) is 0 Å². The van der Waals surface area contributed by atoms with Gasteiger partial charge in [0.25, 0.3) is 5.91 Å². The van der Waals surface area contributed by atoms with Crippen LogP contribution in [0.3, 0.4) is 0 Å². The van der Waals surface area contributed by atoms with Gasteiger partial charge in [-0.05, 0) is 31.0 Å². The lowest BCUT2D eigenvalue weighted by molar-refractivity contribution is 0.102. The van der Waals surface area contributed by atoms with Crippen molar-refractivity contribution in [3.63, 3.8) is 0 Å². The summed E-state index contributed by atoms with van der Waals surface area (Å²) in [4.78, 5) is 35.1. The van der Waals surface area contributed by atoms with Crippen molar-refractivity contribution in [1.82, 2.24) is 14.9 Å². The van der Waals surface area contributed by atoms with Crippen molar-refractivity contribution in [3.05, 3.63) is 72.7 Å². The van der Waals surface area contributed by atoms with Gasteiger partial charge in [-0.3, -0.25) is 9.78 Å². The minimum atomic E-state index is -0.361. The summed E-state index contributed by atoms with van der Waals surface area (Å²) in [6.45, 7) is 1.56. The highest BCUT2D eigenvalue weighted by atomic mass is 16.2. The summed E-state index contributed by atoms with van der Waals surface area (Å²) >= 11 is 0. The molecule has 0 spiro atoms. The van der Waals surface area contributed by atoms with Crippen molar-refractivity contribution in [3.8, 4) is 11.3 Å². The molecule has 2 heterocycles. The van der Waals surface area contributed by atoms with E-state index in [1.807, 2.05) is 30.3 Å². The van der Waals surface area contributed by atoms with E-state index in [4.69, 9.17) is 0 Å². The zero-order valence-electron chi connectivity index (χ0n) is 15.8. The van der Waals surface area contributed by atoms with Crippen LogP contribution in [0, 0.1) is 0 Å². The van der Waals surface area contributed by atoms with E-state index in [0.29, 0.717) is 17.1 Å². The number of amides is 3. The zero-order valence-corrected chi connectivity index (χ0v) is 15.8. The van der Waals surface area contributed by atoms with E-state index >= 15 is 0 Å². The van der Waals surface area contributed by atoms with Crippen LogP contribution in [0.1, 0.15) is 23.3 Å². The van der Waals surface area contributed by atoms with Crippen molar-refractivity contribution >= 4 is 23.3 Å². The van der Waals surface area contributed by atoms with Gasteiger partial charge in [0.2, 0.25) is 0 Å². The number of aromatic nitrogens is 2. The highest BCUT2D eigenvalue weighted by molar-refractivity contribution is 6.03. The third-order valence-electron chi connectivity index (χ3n) is 4.72. The molecule has 3 amide bonds. The lowest BCUT2D eigenvalue weighted by Gasteiger charge is -2.16. The Hall–Kier alpha value is -3.74. The molecule has 1 saturated heterocycles. The molecule has 2 aromatic carbocycles. The molecule has 0 radical (unpaired) electrons. The van der Waals surface area contributed by atoms with E-state index in [2.05, 4.69) is 20.6 Å². The monoisotopic (exact) mass is 387 g/mol. The first-order valence-electron chi connectivity index (χ1n) is 9.54. The Morgan fingerprint density at radius 2 is 1.55 bits per heavy atom. The predicted octanol–water partition coefficient (Wildman–Crippen LogP) is 4.02. The number of nitrogens with zero attached hydrogens (tertiary/aromatic N) is 3. The molecule has 0 unspecified atom stereocenters. The molecule has 29 heavy (non-hydrogen) atoms. The maximum Gasteiger partial charge on any atom is 0.321 e. The SMILES string of the molecule is O=C(Nc1cccc(NC(=O)N2CCCC2)c1)c1cnc(-c2ccccc2)cn1. The van der Waals surface area contributed by atoms with Crippen LogP contribution in [0.15, 0.2) is 67.0 Å². The lowest BCUT2D eigenvalue weighted by atomic mass is 10.2. The van der Waals surface area contributed by atoms with Crippen molar-refractivity contribution < 1.29 is 9.59 Å². The Morgan fingerprint density at radius 3 is 2.24 bits per heavy atom. The second-order valence-corrected chi connectivity index (χ2v) is 6.81. The first-order chi connectivity index (χ1) is 14.2. The number of rotatable bonds is 4. The number of benzene rings is 2. The fraction of sp³-hybridized carbons (Fsp3) is 0.182. The summed E-state index contributed by atoms with van der Waals surface area (Å²) in [6.07, 6.45) is 5.11. The number of carbonyl (C=O) groups excluding carboxylic acids is 2. The molecule has 1 fully saturated rings. The molecular formula is C22H21N5O2. The molecule has 0 atom stereocenters. The summed E-state index contributed by atoms with van der Waals surface area (Å²) in [7, 11) is 0. The van der Waals surface area contributed by atoms with Gasteiger partial charge in [0, 0.05) is 30.0 Å². The summed E-state index contributed by atoms with van der Waals surface area (Å²) in [6, 6.07) is 16.6. The topological polar surface area (TPSA) is 87.2 Å². The molecule has 2 N–H and O–H groups in total. The average molecular weight is 387 g/mol. The van der Waals surface area contributed by atoms with Crippen molar-refractivity contribution in [2.75, 3.05) is 23.7 Å². The molecule has 0 bridgehead atoms. The van der Waals surface area contributed by atoms with Crippen LogP contribution in [0.4, 0.5) is 16.2 Å². The number of urea groups is 1. The fourth-order valence-corrected chi connectivity index (χ4v) is 3.20. The van der Waals surface area contributed by atoms with Crippen LogP contribution in [-0.4, -0.2) is 39.9 Å². The Bertz CT molecular complexity index is 999. The van der Waals surface area contributed by atoms with Gasteiger partial charge in [-0.25, -0.2) is 9.78 Å². The lowest BCUT2D eigenvalue weighted by Crippen LogP contribution is -2.32. The summed E-state index contributed by atoms with van der Waals surface area (Å²) in [5, 5.41) is 5.66. The van der Waals surface area contributed by atoms with E-state index in [9.17, 15) is 9.59 Å². The minimum absolute atomic E-state index is 0.117. The summed E-state index contributed by atoms with van der Waals surface area (Å²) < 4.78 is 0. The maximum absolute atomic E-state index is 12.5. The third kappa shape index (κ3) is 4.57. The second-order valence-electron chi connectivity index (χ2n) is 6.81. The summed E-state index contributed by atoms with van der Waals surface area (Å²) in [5.41, 5.74) is 3.06. The maximum atomic E-state index is 12.5. The Balaban J connectivity index is 1.41. The van der Waals surface area contributed by atoms with Gasteiger partial charge >= 0.3 is 6.03 Å². The Kier molecular flexibility index (Phi) is 5.47. The minimum Gasteiger partial charge on any atom is -0.325 e. The second kappa shape index (κ2) is 8.52. The average Bonchev–Trinajstić information content (AvgIpc) is 3.30. The third-order valence-corrected chi connectivity index (χ3v) is 4.72. The van der Waals surface area contributed by atoms with E-state index in [-0.39, 0.29) is 17.6 Å². The zero-order chi connectivity index (χ0) is 20.1. The first kappa shape index (κ1) is 18.6. The number of hydrogen-bond donors (Lipinski definition) is 2. The fourth-order valence-electron chi connectivity index (χ4n) is 3.20. The van der Waals surface area contributed by atoms with Crippen LogP contribution in [0.5, 0.6) is 0 Å². The number of nitrogens with one attached hydrogen (secondary N) is 2. The molecule has 3 aromatic rings. The molecule has 1 aliphatic heterocycles. The van der Waals surface area contributed by atoms with Gasteiger partial charge in [-0.15, -0.1) is 0 Å². The number of anilines is 2. The van der Waals surface area contributed by atoms with E-state index in [1.165, 1.54) is 6.20 Å². The number of likely N-dealkylation sites (tertiary alicyclic amines) is 1. The standard InChI is InChI=1S/C22H21N5O2/c28-21(20-15-23-19(14-24-20)16-7-2-1-3-8-16)25-17-9-6-10-18(13-17)26-22(29)27-11-4-5-12-27/h1-3,6-10,13-15H,4-5,11-12H2,(H,25,28)(H,26,29). The molecule has 4 rings (SSSR count). The molecule has 0 saturated carbocycles. The quantitative estimate of drug-likeness (QED) is 0.708. The van der Waals surface area contributed by atoms with Gasteiger partial charge in [0.05, 0.1) is 18.1 Å². The van der Waals surface area contributed by atoms with E-state index in [1.54, 1.807) is 35.4 Å². The van der Waals surface area contributed by atoms with Crippen molar-refractivity contribution in [2.45, 2.75) is 12.8 Å². The molecule has 1 aromatic heterocycles. The van der Waals surface area contributed by atoms with Gasteiger partial charge in [0.15, 0.2) is 0 Å². The first-order valence-corrected chi connectivity index (χ1v) is 9.54. The molecule has 146 valence electrons. The van der Waals surface area contributed by atoms with Crippen LogP contribution in [-0.2, 0) is 0 Å². The highest BCUT2D eigenvalue weighted by Gasteiger charge is 2.18. The molecular weight excluding hydrogens is 366 g/mol. The largest absolute Gasteiger partial charge is 0.325 e. The van der Waals surface area contributed by atoms with Gasteiger partial charge < -0.3 is 15.5 Å². The van der Waals surface area contributed by atoms with Crippen LogP contribution in [0.25, 0.3) is 11.3 Å². The summed E-state index contributed by atoms with van der Waals surface area (Å²) in [5.74, 6) is -0.361. The van der Waals surface area contributed by atoms with Gasteiger partial charge in [0.1, 0.15) is 5.69 Å². The van der Waals surface area contributed by atoms with Crippen LogP contribution >= 0.6 is 0 Å². The normalized spacial score (nSPS) is 13.2. The van der Waals surface area contributed by atoms with Crippen molar-refractivity contribution in [1.29, 1.82) is 0 Å². The number of carbonyl (C=O) groups is 2. The molecule has 1 aliphatic rings. The Labute approximate surface area is 168 Å². The molecule has 7 heteroatoms. The Morgan fingerprint density at radius 1 is 0.828 bits per heavy atom. The predicted molar refractivity (Wildman–Crippen MR) is 112 cm³/mol. The highest BCUT2D eigenvalue weighted by Crippen LogP contribution is 2.18. The van der Waals surface area contributed by atoms with E-state index < -0.39 is 0 Å².